The summed E-state index contributed by atoms with van der Waals surface area (Å²) in [5.41, 5.74) is 0.463. The maximum Gasteiger partial charge on any atom is 0.335 e. The molecular formula is C16H24Cl4O6P2. The molecule has 0 aliphatic rings. The average Bonchev–Trinajstić information content (AvgIpc) is 2.62. The van der Waals surface area contributed by atoms with Gasteiger partial charge in [0, 0.05) is 11.1 Å². The molecular weight excluding hydrogens is 492 g/mol. The summed E-state index contributed by atoms with van der Waals surface area (Å²) in [5, 5.41) is 0.131. The fourth-order valence-corrected chi connectivity index (χ4v) is 7.50. The Balaban J connectivity index is 3.42. The van der Waals surface area contributed by atoms with Gasteiger partial charge in [-0.15, -0.1) is 0 Å². The molecule has 162 valence electrons. The van der Waals surface area contributed by atoms with Crippen LogP contribution in [-0.2, 0) is 39.5 Å². The predicted molar refractivity (Wildman–Crippen MR) is 116 cm³/mol. The van der Waals surface area contributed by atoms with Crippen LogP contribution in [0.3, 0.4) is 0 Å². The number of halogens is 4. The molecule has 1 aromatic rings. The minimum absolute atomic E-state index is 0.0326. The van der Waals surface area contributed by atoms with Crippen LogP contribution in [0, 0.1) is 0 Å². The highest BCUT2D eigenvalue weighted by Gasteiger charge is 2.33. The highest BCUT2D eigenvalue weighted by Crippen LogP contribution is 2.58. The Morgan fingerprint density at radius 2 is 0.786 bits per heavy atom. The SMILES string of the molecule is CCOP(=O)(Cc1c(Cl)c(Cl)c(CP(=O)(OCC)OCC)c(Cl)c1Cl)OCC. The third kappa shape index (κ3) is 6.85. The smallest absolute Gasteiger partial charge is 0.309 e. The first-order valence-electron chi connectivity index (χ1n) is 8.67. The van der Waals surface area contributed by atoms with E-state index in [9.17, 15) is 9.13 Å². The van der Waals surface area contributed by atoms with E-state index in [1.807, 2.05) is 0 Å². The van der Waals surface area contributed by atoms with Crippen LogP contribution in [0.2, 0.25) is 20.1 Å². The van der Waals surface area contributed by atoms with Crippen LogP contribution in [0.4, 0.5) is 0 Å². The van der Waals surface area contributed by atoms with Gasteiger partial charge in [0.05, 0.1) is 58.8 Å². The molecule has 0 atom stereocenters. The number of hydrogen-bond donors (Lipinski definition) is 0. The first-order chi connectivity index (χ1) is 13.1. The molecule has 0 aliphatic carbocycles. The summed E-state index contributed by atoms with van der Waals surface area (Å²) < 4.78 is 46.9. The third-order valence-corrected chi connectivity index (χ3v) is 9.33. The maximum absolute atomic E-state index is 12.9. The van der Waals surface area contributed by atoms with Crippen LogP contribution in [0.5, 0.6) is 0 Å². The lowest BCUT2D eigenvalue weighted by molar-refractivity contribution is 0.218. The quantitative estimate of drug-likeness (QED) is 0.208. The van der Waals surface area contributed by atoms with Crippen LogP contribution in [-0.4, -0.2) is 26.4 Å². The largest absolute Gasteiger partial charge is 0.335 e. The molecule has 12 heteroatoms. The molecule has 0 N–H and O–H groups in total. The lowest BCUT2D eigenvalue weighted by Gasteiger charge is -2.22. The molecule has 0 heterocycles. The van der Waals surface area contributed by atoms with Gasteiger partial charge in [0.15, 0.2) is 0 Å². The van der Waals surface area contributed by atoms with Crippen molar-refractivity contribution in [3.05, 3.63) is 31.2 Å². The molecule has 0 saturated carbocycles. The molecule has 0 saturated heterocycles. The van der Waals surface area contributed by atoms with Crippen LogP contribution in [0.25, 0.3) is 0 Å². The molecule has 0 bridgehead atoms. The van der Waals surface area contributed by atoms with Crippen LogP contribution < -0.4 is 0 Å². The zero-order valence-electron chi connectivity index (χ0n) is 16.1. The zero-order chi connectivity index (χ0) is 21.5. The van der Waals surface area contributed by atoms with Gasteiger partial charge < -0.3 is 18.1 Å². The van der Waals surface area contributed by atoms with Gasteiger partial charge in [-0.05, 0) is 27.7 Å². The zero-order valence-corrected chi connectivity index (χ0v) is 20.9. The molecule has 0 radical (unpaired) electrons. The second-order valence-electron chi connectivity index (χ2n) is 5.42. The van der Waals surface area contributed by atoms with Crippen LogP contribution in [0.15, 0.2) is 0 Å². The minimum atomic E-state index is -3.50. The van der Waals surface area contributed by atoms with E-state index in [2.05, 4.69) is 0 Å². The van der Waals surface area contributed by atoms with Crippen LogP contribution in [0.1, 0.15) is 38.8 Å². The van der Waals surface area contributed by atoms with E-state index in [-0.39, 0.29) is 70.0 Å². The highest BCUT2D eigenvalue weighted by molar-refractivity contribution is 7.53. The normalized spacial score (nSPS) is 12.6. The van der Waals surface area contributed by atoms with Crippen molar-refractivity contribution in [2.75, 3.05) is 26.4 Å². The summed E-state index contributed by atoms with van der Waals surface area (Å²) >= 11 is 25.5. The number of benzene rings is 1. The van der Waals surface area contributed by atoms with Crippen molar-refractivity contribution in [3.8, 4) is 0 Å². The molecule has 1 aromatic carbocycles. The van der Waals surface area contributed by atoms with E-state index in [1.54, 1.807) is 27.7 Å². The molecule has 6 nitrogen and oxygen atoms in total. The molecule has 0 amide bonds. The number of hydrogen-bond acceptors (Lipinski definition) is 6. The second-order valence-corrected chi connectivity index (χ2v) is 11.0. The van der Waals surface area contributed by atoms with Crippen molar-refractivity contribution >= 4 is 61.6 Å². The van der Waals surface area contributed by atoms with Gasteiger partial charge in [0.1, 0.15) is 0 Å². The summed E-state index contributed by atoms with van der Waals surface area (Å²) in [4.78, 5) is 0. The molecule has 0 aromatic heterocycles. The summed E-state index contributed by atoms with van der Waals surface area (Å²) in [7, 11) is -7.01. The Kier molecular flexibility index (Phi) is 11.4. The standard InChI is InChI=1S/C16H24Cl4O6P2/c1-5-23-27(21,24-6-2)9-11-13(17)15(19)12(16(20)14(11)18)10-28(22,25-7-3)26-8-4/h5-10H2,1-4H3. The molecule has 0 aliphatic heterocycles. The Morgan fingerprint density at radius 1 is 0.571 bits per heavy atom. The molecule has 0 fully saturated rings. The monoisotopic (exact) mass is 514 g/mol. The average molecular weight is 516 g/mol. The Labute approximate surface area is 186 Å². The van der Waals surface area contributed by atoms with Gasteiger partial charge in [-0.25, -0.2) is 0 Å². The van der Waals surface area contributed by atoms with Gasteiger partial charge in [-0.3, -0.25) is 9.13 Å². The maximum atomic E-state index is 12.9. The Bertz CT molecular complexity index is 662. The lowest BCUT2D eigenvalue weighted by atomic mass is 10.1. The summed E-state index contributed by atoms with van der Waals surface area (Å²) in [6.07, 6.45) is -0.415. The van der Waals surface area contributed by atoms with E-state index in [0.717, 1.165) is 0 Å². The fraction of sp³-hybridized carbons (Fsp3) is 0.625. The second kappa shape index (κ2) is 11.9. The van der Waals surface area contributed by atoms with E-state index < -0.39 is 15.2 Å². The number of rotatable bonds is 12. The third-order valence-electron chi connectivity index (χ3n) is 3.45. The van der Waals surface area contributed by atoms with Gasteiger partial charge >= 0.3 is 15.2 Å². The van der Waals surface area contributed by atoms with Crippen molar-refractivity contribution in [2.45, 2.75) is 40.0 Å². The first-order valence-corrected chi connectivity index (χ1v) is 13.6. The molecule has 0 spiro atoms. The molecule has 28 heavy (non-hydrogen) atoms. The van der Waals surface area contributed by atoms with Crippen molar-refractivity contribution in [1.29, 1.82) is 0 Å². The van der Waals surface area contributed by atoms with E-state index in [4.69, 9.17) is 64.5 Å². The van der Waals surface area contributed by atoms with E-state index in [1.165, 1.54) is 0 Å². The lowest BCUT2D eigenvalue weighted by Crippen LogP contribution is -2.04. The van der Waals surface area contributed by atoms with E-state index >= 15 is 0 Å². The summed E-state index contributed by atoms with van der Waals surface area (Å²) in [5.74, 6) is 0. The Morgan fingerprint density at radius 3 is 0.964 bits per heavy atom. The minimum Gasteiger partial charge on any atom is -0.309 e. The van der Waals surface area contributed by atoms with Gasteiger partial charge in [0.25, 0.3) is 0 Å². The highest BCUT2D eigenvalue weighted by atomic mass is 35.5. The summed E-state index contributed by atoms with van der Waals surface area (Å²) in [6, 6.07) is 0. The van der Waals surface area contributed by atoms with Crippen molar-refractivity contribution in [1.82, 2.24) is 0 Å². The van der Waals surface area contributed by atoms with E-state index in [0.29, 0.717) is 0 Å². The molecule has 1 rings (SSSR count). The van der Waals surface area contributed by atoms with Gasteiger partial charge in [-0.1, -0.05) is 46.4 Å². The van der Waals surface area contributed by atoms with Crippen molar-refractivity contribution in [3.63, 3.8) is 0 Å². The Hall–Kier alpha value is 0.680. The van der Waals surface area contributed by atoms with Gasteiger partial charge in [-0.2, -0.15) is 0 Å². The van der Waals surface area contributed by atoms with Crippen LogP contribution >= 0.6 is 61.6 Å². The topological polar surface area (TPSA) is 71.1 Å². The van der Waals surface area contributed by atoms with Crippen molar-refractivity contribution in [2.24, 2.45) is 0 Å². The van der Waals surface area contributed by atoms with Gasteiger partial charge in [0.2, 0.25) is 0 Å². The summed E-state index contributed by atoms with van der Waals surface area (Å²) in [6.45, 7) is 7.48. The first kappa shape index (κ1) is 26.7. The molecule has 0 unspecified atom stereocenters. The fourth-order valence-electron chi connectivity index (χ4n) is 2.43. The predicted octanol–water partition coefficient (Wildman–Crippen LogP) is 7.83. The van der Waals surface area contributed by atoms with Crippen molar-refractivity contribution < 1.29 is 27.2 Å².